The van der Waals surface area contributed by atoms with E-state index < -0.39 is 0 Å². The molecule has 0 saturated heterocycles. The summed E-state index contributed by atoms with van der Waals surface area (Å²) >= 11 is 6.13. The summed E-state index contributed by atoms with van der Waals surface area (Å²) in [6.45, 7) is 0. The van der Waals surface area contributed by atoms with E-state index in [1.165, 1.54) is 6.42 Å². The van der Waals surface area contributed by atoms with Gasteiger partial charge in [0.15, 0.2) is 0 Å². The lowest BCUT2D eigenvalue weighted by Gasteiger charge is -2.21. The SMILES string of the molecule is O=C1C(=O)[C@H]2C(Cl)[C@@H]1[C@@H]1CCC[C@@H]12. The minimum Gasteiger partial charge on any atom is -0.290 e. The second-order valence-electron chi connectivity index (χ2n) is 4.48. The molecule has 0 heterocycles. The summed E-state index contributed by atoms with van der Waals surface area (Å²) in [6.07, 6.45) is 3.38. The van der Waals surface area contributed by atoms with Crippen LogP contribution in [-0.4, -0.2) is 16.9 Å². The minimum atomic E-state index is -0.173. The van der Waals surface area contributed by atoms with Gasteiger partial charge in [0, 0.05) is 11.8 Å². The highest BCUT2D eigenvalue weighted by Gasteiger charge is 2.64. The molecule has 3 saturated carbocycles. The fraction of sp³-hybridized carbons (Fsp3) is 0.800. The molecular weight excluding hydrogens is 188 g/mol. The number of carbonyl (C=O) groups excluding carboxylic acids is 2. The quantitative estimate of drug-likeness (QED) is 0.436. The fourth-order valence-electron chi connectivity index (χ4n) is 3.61. The number of hydrogen-bond acceptors (Lipinski definition) is 2. The molecule has 1 unspecified atom stereocenters. The van der Waals surface area contributed by atoms with E-state index in [0.717, 1.165) is 12.8 Å². The highest BCUT2D eigenvalue weighted by Crippen LogP contribution is 2.57. The van der Waals surface area contributed by atoms with E-state index in [4.69, 9.17) is 11.6 Å². The van der Waals surface area contributed by atoms with E-state index in [9.17, 15) is 9.59 Å². The number of fused-ring (bicyclic) bond motifs is 5. The first kappa shape index (κ1) is 7.98. The van der Waals surface area contributed by atoms with Crippen LogP contribution in [0.5, 0.6) is 0 Å². The highest BCUT2D eigenvalue weighted by atomic mass is 35.5. The second kappa shape index (κ2) is 2.35. The standard InChI is InChI=1S/C10H11ClO2/c11-8-6-4-2-1-3-5(4)7(8)10(13)9(6)12/h4-8H,1-3H2/t4-,5+,6+,7-,8?. The van der Waals surface area contributed by atoms with E-state index in [0.29, 0.717) is 11.8 Å². The van der Waals surface area contributed by atoms with Crippen molar-refractivity contribution >= 4 is 23.2 Å². The molecule has 3 aliphatic carbocycles. The highest BCUT2D eigenvalue weighted by molar-refractivity contribution is 6.46. The first-order valence-corrected chi connectivity index (χ1v) is 5.37. The lowest BCUT2D eigenvalue weighted by atomic mass is 9.80. The molecule has 5 atom stereocenters. The van der Waals surface area contributed by atoms with Crippen molar-refractivity contribution < 1.29 is 9.59 Å². The van der Waals surface area contributed by atoms with Gasteiger partial charge in [0.1, 0.15) is 0 Å². The Kier molecular flexibility index (Phi) is 1.44. The summed E-state index contributed by atoms with van der Waals surface area (Å²) in [6, 6.07) is 0. The Morgan fingerprint density at radius 2 is 1.46 bits per heavy atom. The van der Waals surface area contributed by atoms with Gasteiger partial charge < -0.3 is 0 Å². The molecule has 2 nitrogen and oxygen atoms in total. The van der Waals surface area contributed by atoms with Crippen LogP contribution in [0.25, 0.3) is 0 Å². The van der Waals surface area contributed by atoms with Crippen molar-refractivity contribution in [3.05, 3.63) is 0 Å². The van der Waals surface area contributed by atoms with Crippen LogP contribution in [0, 0.1) is 23.7 Å². The molecule has 0 aromatic rings. The lowest BCUT2D eigenvalue weighted by Crippen LogP contribution is -2.32. The maximum Gasteiger partial charge on any atom is 0.203 e. The van der Waals surface area contributed by atoms with Gasteiger partial charge in [0.25, 0.3) is 0 Å². The smallest absolute Gasteiger partial charge is 0.203 e. The number of hydrogen-bond donors (Lipinski definition) is 0. The molecular formula is C10H11ClO2. The third-order valence-electron chi connectivity index (χ3n) is 4.08. The number of carbonyl (C=O) groups is 2. The molecule has 70 valence electrons. The molecule has 3 fully saturated rings. The van der Waals surface area contributed by atoms with Crippen molar-refractivity contribution in [1.29, 1.82) is 0 Å². The first-order valence-electron chi connectivity index (χ1n) is 4.94. The Labute approximate surface area is 81.6 Å². The third kappa shape index (κ3) is 0.762. The van der Waals surface area contributed by atoms with Gasteiger partial charge in [0.2, 0.25) is 11.6 Å². The van der Waals surface area contributed by atoms with Gasteiger partial charge in [-0.05, 0) is 24.7 Å². The maximum absolute atomic E-state index is 11.5. The van der Waals surface area contributed by atoms with E-state index in [-0.39, 0.29) is 28.8 Å². The molecule has 0 amide bonds. The van der Waals surface area contributed by atoms with Gasteiger partial charge >= 0.3 is 0 Å². The van der Waals surface area contributed by atoms with Crippen molar-refractivity contribution in [1.82, 2.24) is 0 Å². The van der Waals surface area contributed by atoms with Gasteiger partial charge in [-0.15, -0.1) is 11.6 Å². The summed E-state index contributed by atoms with van der Waals surface area (Å²) in [5.41, 5.74) is 0. The molecule has 3 aliphatic rings. The molecule has 0 N–H and O–H groups in total. The molecule has 0 radical (unpaired) electrons. The summed E-state index contributed by atoms with van der Waals surface area (Å²) in [5, 5.41) is -0.171. The zero-order valence-corrected chi connectivity index (χ0v) is 7.96. The predicted octanol–water partition coefficient (Wildman–Crippen LogP) is 1.41. The number of Topliss-reactive ketones (excluding diaryl/α,β-unsaturated/α-hetero) is 2. The minimum absolute atomic E-state index is 0.119. The molecule has 3 heteroatoms. The average Bonchev–Trinajstić information content (AvgIpc) is 2.66. The van der Waals surface area contributed by atoms with Gasteiger partial charge in [-0.1, -0.05) is 6.42 Å². The Bertz CT molecular complexity index is 271. The molecule has 0 aromatic carbocycles. The number of rotatable bonds is 0. The van der Waals surface area contributed by atoms with Gasteiger partial charge in [-0.3, -0.25) is 9.59 Å². The van der Waals surface area contributed by atoms with Gasteiger partial charge in [0.05, 0.1) is 5.38 Å². The van der Waals surface area contributed by atoms with Crippen LogP contribution in [-0.2, 0) is 9.59 Å². The largest absolute Gasteiger partial charge is 0.290 e. The second-order valence-corrected chi connectivity index (χ2v) is 4.99. The molecule has 0 aromatic heterocycles. The van der Waals surface area contributed by atoms with Crippen LogP contribution >= 0.6 is 11.6 Å². The number of alkyl halides is 1. The Hall–Kier alpha value is -0.370. The molecule has 13 heavy (non-hydrogen) atoms. The van der Waals surface area contributed by atoms with E-state index >= 15 is 0 Å². The van der Waals surface area contributed by atoms with Crippen LogP contribution in [0.1, 0.15) is 19.3 Å². The monoisotopic (exact) mass is 198 g/mol. The number of ketones is 2. The Balaban J connectivity index is 2.06. The average molecular weight is 199 g/mol. The third-order valence-corrected chi connectivity index (χ3v) is 4.62. The lowest BCUT2D eigenvalue weighted by molar-refractivity contribution is -0.141. The van der Waals surface area contributed by atoms with E-state index in [1.807, 2.05) is 0 Å². The van der Waals surface area contributed by atoms with Crippen LogP contribution in [0.2, 0.25) is 0 Å². The van der Waals surface area contributed by atoms with Crippen LogP contribution in [0.4, 0.5) is 0 Å². The maximum atomic E-state index is 11.5. The van der Waals surface area contributed by atoms with Crippen LogP contribution in [0.3, 0.4) is 0 Å². The van der Waals surface area contributed by atoms with Crippen LogP contribution in [0.15, 0.2) is 0 Å². The fourth-order valence-corrected chi connectivity index (χ4v) is 4.21. The predicted molar refractivity (Wildman–Crippen MR) is 47.5 cm³/mol. The van der Waals surface area contributed by atoms with Crippen molar-refractivity contribution in [2.24, 2.45) is 23.7 Å². The molecule has 0 aliphatic heterocycles. The van der Waals surface area contributed by atoms with Crippen molar-refractivity contribution in [3.63, 3.8) is 0 Å². The molecule has 3 rings (SSSR count). The molecule has 2 bridgehead atoms. The van der Waals surface area contributed by atoms with Crippen molar-refractivity contribution in [3.8, 4) is 0 Å². The van der Waals surface area contributed by atoms with Crippen molar-refractivity contribution in [2.75, 3.05) is 0 Å². The zero-order valence-electron chi connectivity index (χ0n) is 7.20. The first-order chi connectivity index (χ1) is 6.22. The zero-order chi connectivity index (χ0) is 9.16. The Morgan fingerprint density at radius 3 is 1.92 bits per heavy atom. The van der Waals surface area contributed by atoms with Gasteiger partial charge in [-0.25, -0.2) is 0 Å². The summed E-state index contributed by atoms with van der Waals surface area (Å²) in [7, 11) is 0. The van der Waals surface area contributed by atoms with E-state index in [1.54, 1.807) is 0 Å². The Morgan fingerprint density at radius 1 is 1.00 bits per heavy atom. The number of halogens is 1. The van der Waals surface area contributed by atoms with E-state index in [2.05, 4.69) is 0 Å². The summed E-state index contributed by atoms with van der Waals surface area (Å²) in [4.78, 5) is 23.0. The summed E-state index contributed by atoms with van der Waals surface area (Å²) in [5.74, 6) is 0.301. The topological polar surface area (TPSA) is 34.1 Å². The van der Waals surface area contributed by atoms with Crippen molar-refractivity contribution in [2.45, 2.75) is 24.6 Å². The summed E-state index contributed by atoms with van der Waals surface area (Å²) < 4.78 is 0. The van der Waals surface area contributed by atoms with Gasteiger partial charge in [-0.2, -0.15) is 0 Å². The normalized spacial score (nSPS) is 53.2. The van der Waals surface area contributed by atoms with Crippen LogP contribution < -0.4 is 0 Å². The molecule has 0 spiro atoms.